The third-order valence-electron chi connectivity index (χ3n) is 2.12. The van der Waals surface area contributed by atoms with Crippen molar-refractivity contribution in [3.8, 4) is 0 Å². The van der Waals surface area contributed by atoms with Crippen LogP contribution in [0, 0.1) is 0 Å². The highest BCUT2D eigenvalue weighted by Crippen LogP contribution is 2.14. The van der Waals surface area contributed by atoms with Gasteiger partial charge in [0.15, 0.2) is 5.78 Å². The van der Waals surface area contributed by atoms with Gasteiger partial charge < -0.3 is 10.2 Å². The molecule has 1 aromatic rings. The maximum atomic E-state index is 11.5. The van der Waals surface area contributed by atoms with Crippen molar-refractivity contribution in [2.45, 2.75) is 6.42 Å². The first-order valence-electron chi connectivity index (χ1n) is 4.67. The van der Waals surface area contributed by atoms with Gasteiger partial charge in [0.25, 0.3) is 0 Å². The number of carbonyl (C=O) groups excluding carboxylic acids is 1. The Bertz CT molecular complexity index is 481. The van der Waals surface area contributed by atoms with Crippen molar-refractivity contribution in [2.75, 3.05) is 5.33 Å². The Morgan fingerprint density at radius 2 is 1.65 bits per heavy atom. The molecule has 0 fully saturated rings. The van der Waals surface area contributed by atoms with E-state index in [1.165, 1.54) is 6.07 Å². The van der Waals surface area contributed by atoms with Gasteiger partial charge in [0, 0.05) is 17.3 Å². The zero-order valence-electron chi connectivity index (χ0n) is 8.64. The molecule has 0 saturated heterocycles. The topological polar surface area (TPSA) is 91.7 Å². The summed E-state index contributed by atoms with van der Waals surface area (Å²) in [5.74, 6) is -2.93. The molecule has 0 atom stereocenters. The molecule has 0 unspecified atom stereocenters. The lowest BCUT2D eigenvalue weighted by atomic mass is 10.0. The Morgan fingerprint density at radius 3 is 2.12 bits per heavy atom. The summed E-state index contributed by atoms with van der Waals surface area (Å²) in [7, 11) is 0. The zero-order chi connectivity index (χ0) is 13.0. The minimum Gasteiger partial charge on any atom is -0.478 e. The lowest BCUT2D eigenvalue weighted by molar-refractivity contribution is 0.0651. The molecule has 0 bridgehead atoms. The van der Waals surface area contributed by atoms with Gasteiger partial charge in [-0.1, -0.05) is 22.0 Å². The quantitative estimate of drug-likeness (QED) is 0.641. The number of Topliss-reactive ketones (excluding diaryl/α,β-unsaturated/α-hetero) is 1. The van der Waals surface area contributed by atoms with Gasteiger partial charge in [-0.05, 0) is 12.1 Å². The number of hydrogen-bond donors (Lipinski definition) is 2. The standard InChI is InChI=1S/C11H9BrO5/c12-4-3-9(13)6-1-2-7(10(14)15)8(5-6)11(16)17/h1-2,5H,3-4H2,(H,14,15)(H,16,17). The van der Waals surface area contributed by atoms with Gasteiger partial charge in [0.2, 0.25) is 0 Å². The number of ketones is 1. The number of carboxylic acid groups (broad SMARTS) is 2. The second-order valence-corrected chi connectivity index (χ2v) is 4.03. The third-order valence-corrected chi connectivity index (χ3v) is 2.52. The molecular weight excluding hydrogens is 292 g/mol. The number of benzene rings is 1. The van der Waals surface area contributed by atoms with E-state index in [-0.39, 0.29) is 28.9 Å². The van der Waals surface area contributed by atoms with Crippen LogP contribution in [0.5, 0.6) is 0 Å². The van der Waals surface area contributed by atoms with Crippen molar-refractivity contribution in [2.24, 2.45) is 0 Å². The Labute approximate surface area is 105 Å². The number of halogens is 1. The van der Waals surface area contributed by atoms with Crippen LogP contribution in [0.3, 0.4) is 0 Å². The molecule has 0 aliphatic rings. The van der Waals surface area contributed by atoms with Crippen LogP contribution < -0.4 is 0 Å². The summed E-state index contributed by atoms with van der Waals surface area (Å²) in [5, 5.41) is 18.1. The normalized spacial score (nSPS) is 9.94. The van der Waals surface area contributed by atoms with Crippen LogP contribution in [-0.2, 0) is 0 Å². The Hall–Kier alpha value is -1.69. The highest BCUT2D eigenvalue weighted by atomic mass is 79.9. The smallest absolute Gasteiger partial charge is 0.336 e. The molecule has 1 aromatic carbocycles. The molecule has 1 rings (SSSR count). The average Bonchev–Trinajstić information content (AvgIpc) is 2.28. The molecule has 0 aliphatic heterocycles. The Kier molecular flexibility index (Phi) is 4.39. The predicted molar refractivity (Wildman–Crippen MR) is 63.1 cm³/mol. The molecule has 0 aliphatic carbocycles. The van der Waals surface area contributed by atoms with E-state index in [2.05, 4.69) is 15.9 Å². The first-order chi connectivity index (χ1) is 7.97. The van der Waals surface area contributed by atoms with Crippen molar-refractivity contribution in [3.05, 3.63) is 34.9 Å². The molecular formula is C11H9BrO5. The van der Waals surface area contributed by atoms with Crippen molar-refractivity contribution < 1.29 is 24.6 Å². The first-order valence-corrected chi connectivity index (χ1v) is 5.79. The van der Waals surface area contributed by atoms with Crippen LogP contribution in [0.25, 0.3) is 0 Å². The van der Waals surface area contributed by atoms with Gasteiger partial charge in [-0.3, -0.25) is 4.79 Å². The predicted octanol–water partition coefficient (Wildman–Crippen LogP) is 2.05. The van der Waals surface area contributed by atoms with E-state index in [0.29, 0.717) is 5.33 Å². The number of aromatic carboxylic acids is 2. The van der Waals surface area contributed by atoms with E-state index < -0.39 is 11.9 Å². The van der Waals surface area contributed by atoms with Gasteiger partial charge >= 0.3 is 11.9 Å². The molecule has 2 N–H and O–H groups in total. The van der Waals surface area contributed by atoms with Crippen molar-refractivity contribution in [1.29, 1.82) is 0 Å². The van der Waals surface area contributed by atoms with Crippen LogP contribution in [0.15, 0.2) is 18.2 Å². The van der Waals surface area contributed by atoms with Gasteiger partial charge in [-0.2, -0.15) is 0 Å². The monoisotopic (exact) mass is 300 g/mol. The summed E-state index contributed by atoms with van der Waals surface area (Å²) in [6.07, 6.45) is 0.228. The number of rotatable bonds is 5. The maximum Gasteiger partial charge on any atom is 0.336 e. The van der Waals surface area contributed by atoms with E-state index in [0.717, 1.165) is 12.1 Å². The number of hydrogen-bond acceptors (Lipinski definition) is 3. The summed E-state index contributed by atoms with van der Waals surface area (Å²) in [4.78, 5) is 33.2. The lowest BCUT2D eigenvalue weighted by Gasteiger charge is -2.04. The largest absolute Gasteiger partial charge is 0.478 e. The van der Waals surface area contributed by atoms with Crippen LogP contribution in [0.2, 0.25) is 0 Å². The fourth-order valence-electron chi connectivity index (χ4n) is 1.31. The fourth-order valence-corrected chi connectivity index (χ4v) is 1.67. The van der Waals surface area contributed by atoms with Crippen LogP contribution in [0.1, 0.15) is 37.5 Å². The van der Waals surface area contributed by atoms with Crippen molar-refractivity contribution in [3.63, 3.8) is 0 Å². The first kappa shape index (κ1) is 13.4. The summed E-state index contributed by atoms with van der Waals surface area (Å²) >= 11 is 3.10. The van der Waals surface area contributed by atoms with Gasteiger partial charge in [0.05, 0.1) is 11.1 Å². The fraction of sp³-hybridized carbons (Fsp3) is 0.182. The highest BCUT2D eigenvalue weighted by molar-refractivity contribution is 9.09. The van der Waals surface area contributed by atoms with Crippen LogP contribution >= 0.6 is 15.9 Å². The van der Waals surface area contributed by atoms with Gasteiger partial charge in [-0.25, -0.2) is 9.59 Å². The molecule has 90 valence electrons. The van der Waals surface area contributed by atoms with E-state index in [4.69, 9.17) is 10.2 Å². The van der Waals surface area contributed by atoms with Crippen LogP contribution in [-0.4, -0.2) is 33.3 Å². The summed E-state index contributed by atoms with van der Waals surface area (Å²) < 4.78 is 0. The van der Waals surface area contributed by atoms with E-state index in [9.17, 15) is 14.4 Å². The summed E-state index contributed by atoms with van der Waals surface area (Å²) in [6.45, 7) is 0. The average molecular weight is 301 g/mol. The maximum absolute atomic E-state index is 11.5. The van der Waals surface area contributed by atoms with E-state index >= 15 is 0 Å². The van der Waals surface area contributed by atoms with E-state index in [1.807, 2.05) is 0 Å². The molecule has 0 radical (unpaired) electrons. The SMILES string of the molecule is O=C(CCBr)c1ccc(C(=O)O)c(C(=O)O)c1. The lowest BCUT2D eigenvalue weighted by Crippen LogP contribution is -2.10. The Morgan fingerprint density at radius 1 is 1.06 bits per heavy atom. The molecule has 0 spiro atoms. The molecule has 0 amide bonds. The zero-order valence-corrected chi connectivity index (χ0v) is 10.2. The molecule has 0 saturated carbocycles. The minimum atomic E-state index is -1.36. The highest BCUT2D eigenvalue weighted by Gasteiger charge is 2.18. The second kappa shape index (κ2) is 5.58. The second-order valence-electron chi connectivity index (χ2n) is 3.23. The molecule has 5 nitrogen and oxygen atoms in total. The van der Waals surface area contributed by atoms with Crippen molar-refractivity contribution >= 4 is 33.7 Å². The molecule has 6 heteroatoms. The van der Waals surface area contributed by atoms with Crippen LogP contribution in [0.4, 0.5) is 0 Å². The molecule has 0 heterocycles. The van der Waals surface area contributed by atoms with Gasteiger partial charge in [0.1, 0.15) is 0 Å². The van der Waals surface area contributed by atoms with Gasteiger partial charge in [-0.15, -0.1) is 0 Å². The minimum absolute atomic E-state index is 0.201. The van der Waals surface area contributed by atoms with Crippen molar-refractivity contribution in [1.82, 2.24) is 0 Å². The molecule has 0 aromatic heterocycles. The number of alkyl halides is 1. The third kappa shape index (κ3) is 3.13. The number of carboxylic acids is 2. The Balaban J connectivity index is 3.23. The molecule has 17 heavy (non-hydrogen) atoms. The van der Waals surface area contributed by atoms with E-state index in [1.54, 1.807) is 0 Å². The summed E-state index contributed by atoms with van der Waals surface area (Å²) in [6, 6.07) is 3.55. The summed E-state index contributed by atoms with van der Waals surface area (Å²) in [5.41, 5.74) is -0.502. The number of carbonyl (C=O) groups is 3.